The first-order valence-corrected chi connectivity index (χ1v) is 49.1. The van der Waals surface area contributed by atoms with Gasteiger partial charge < -0.3 is 13.3 Å². The van der Waals surface area contributed by atoms with Gasteiger partial charge in [-0.2, -0.15) is 0 Å². The molecule has 6 heterocycles. The van der Waals surface area contributed by atoms with E-state index in [2.05, 4.69) is 297 Å². The number of aromatic nitrogens is 9. The van der Waals surface area contributed by atoms with Crippen molar-refractivity contribution in [1.29, 1.82) is 0 Å². The lowest BCUT2D eigenvalue weighted by molar-refractivity contribution is 0.668. The van der Waals surface area contributed by atoms with Gasteiger partial charge >= 0.3 is 0 Å². The Kier molecular flexibility index (Phi) is 23.8. The maximum absolute atomic E-state index is 6.40. The van der Waals surface area contributed by atoms with Crippen molar-refractivity contribution in [3.8, 4) is 203 Å². The standard InChI is InChI=1S/3C45H29N3O/c1-4-12-30(13-5-1)35-18-10-19-36(28-35)31-22-24-32(25-23-31)37-26-27-40-39(29-37)42-38(20-11-21-41(42)49-40)45-47-43(33-14-6-2-7-15-33)46-44(48-45)34-16-8-3-9-17-34;1-4-12-30(13-5-1)31-22-24-32(25-23-31)35-18-10-19-36(28-35)37-26-27-40-39(29-37)42-38(20-11-21-41(42)49-40)45-47-43(33-14-6-2-7-15-33)46-44(48-45)34-16-8-3-9-17-34;1-4-13-31(14-5-1)36-19-10-11-20-37(36)32-25-23-30(24-26-32)35-27-28-40-39(29-35)42-38(21-12-22-41(42)49-40)45-47-43(33-15-6-2-7-16-33)46-44(48-45)34-17-8-3-9-18-34/h3*1-29H. The molecule has 21 aromatic carbocycles. The van der Waals surface area contributed by atoms with Crippen molar-refractivity contribution in [2.24, 2.45) is 0 Å². The van der Waals surface area contributed by atoms with E-state index in [1.807, 2.05) is 231 Å². The monoisotopic (exact) mass is 1880 g/mol. The van der Waals surface area contributed by atoms with Gasteiger partial charge in [0.05, 0.1) is 0 Å². The van der Waals surface area contributed by atoms with Crippen LogP contribution in [0.4, 0.5) is 0 Å². The lowest BCUT2D eigenvalue weighted by atomic mass is 9.93. The van der Waals surface area contributed by atoms with E-state index in [1.165, 1.54) is 66.8 Å². The van der Waals surface area contributed by atoms with Gasteiger partial charge in [-0.15, -0.1) is 0 Å². The van der Waals surface area contributed by atoms with Crippen LogP contribution in [0.3, 0.4) is 0 Å². The normalized spacial score (nSPS) is 11.3. The van der Waals surface area contributed by atoms with E-state index in [-0.39, 0.29) is 0 Å². The molecular weight excluding hydrogens is 1800 g/mol. The minimum absolute atomic E-state index is 0.604. The van der Waals surface area contributed by atoms with E-state index in [0.717, 1.165) is 149 Å². The van der Waals surface area contributed by atoms with Crippen LogP contribution in [0.15, 0.2) is 541 Å². The second kappa shape index (κ2) is 39.6. The molecule has 0 radical (unpaired) electrons. The fraction of sp³-hybridized carbons (Fsp3) is 0. The summed E-state index contributed by atoms with van der Waals surface area (Å²) >= 11 is 0. The maximum Gasteiger partial charge on any atom is 0.164 e. The van der Waals surface area contributed by atoms with E-state index in [0.29, 0.717) is 52.4 Å². The molecule has 147 heavy (non-hydrogen) atoms. The second-order valence-corrected chi connectivity index (χ2v) is 36.1. The quantitative estimate of drug-likeness (QED) is 0.0803. The Morgan fingerprint density at radius 3 is 0.537 bits per heavy atom. The first-order valence-electron chi connectivity index (χ1n) is 49.1. The Morgan fingerprint density at radius 2 is 0.265 bits per heavy atom. The summed E-state index contributed by atoms with van der Waals surface area (Å²) < 4.78 is 19.2. The van der Waals surface area contributed by atoms with Gasteiger partial charge in [0.15, 0.2) is 52.4 Å². The van der Waals surface area contributed by atoms with Crippen LogP contribution < -0.4 is 0 Å². The zero-order valence-corrected chi connectivity index (χ0v) is 79.5. The highest BCUT2D eigenvalue weighted by molar-refractivity contribution is 6.16. The van der Waals surface area contributed by atoms with Gasteiger partial charge in [-0.3, -0.25) is 0 Å². The first-order chi connectivity index (χ1) is 72.8. The smallest absolute Gasteiger partial charge is 0.164 e. The number of fused-ring (bicyclic) bond motifs is 9. The van der Waals surface area contributed by atoms with Crippen LogP contribution in [0, 0.1) is 0 Å². The molecule has 0 spiro atoms. The average molecular weight is 1880 g/mol. The molecule has 690 valence electrons. The summed E-state index contributed by atoms with van der Waals surface area (Å²) in [7, 11) is 0. The lowest BCUT2D eigenvalue weighted by Crippen LogP contribution is -2.00. The fourth-order valence-electron chi connectivity index (χ4n) is 19.5. The third-order valence-corrected chi connectivity index (χ3v) is 26.9. The first kappa shape index (κ1) is 88.5. The number of rotatable bonds is 18. The summed E-state index contributed by atoms with van der Waals surface area (Å²) in [6.07, 6.45) is 0. The number of benzene rings is 21. The molecule has 0 saturated heterocycles. The van der Waals surface area contributed by atoms with Crippen LogP contribution in [-0.4, -0.2) is 44.9 Å². The Morgan fingerprint density at radius 1 is 0.102 bits per heavy atom. The zero-order chi connectivity index (χ0) is 97.7. The molecule has 27 rings (SSSR count). The van der Waals surface area contributed by atoms with Gasteiger partial charge in [0.2, 0.25) is 0 Å². The van der Waals surface area contributed by atoms with Crippen molar-refractivity contribution >= 4 is 65.8 Å². The predicted molar refractivity (Wildman–Crippen MR) is 599 cm³/mol. The van der Waals surface area contributed by atoms with Crippen LogP contribution in [0.2, 0.25) is 0 Å². The molecule has 0 amide bonds. The van der Waals surface area contributed by atoms with Crippen LogP contribution in [0.1, 0.15) is 0 Å². The summed E-state index contributed by atoms with van der Waals surface area (Å²) in [5, 5.41) is 6.00. The summed E-state index contributed by atoms with van der Waals surface area (Å²) in [4.78, 5) is 44.8. The van der Waals surface area contributed by atoms with Crippen LogP contribution in [-0.2, 0) is 0 Å². The average Bonchev–Trinajstić information content (AvgIpc) is 1.61. The molecule has 0 aliphatic rings. The molecule has 12 nitrogen and oxygen atoms in total. The van der Waals surface area contributed by atoms with E-state index in [1.54, 1.807) is 0 Å². The van der Waals surface area contributed by atoms with Crippen molar-refractivity contribution in [3.05, 3.63) is 528 Å². The molecule has 0 N–H and O–H groups in total. The summed E-state index contributed by atoms with van der Waals surface area (Å²) in [6, 6.07) is 182. The van der Waals surface area contributed by atoms with E-state index in [9.17, 15) is 0 Å². The molecule has 0 atom stereocenters. The van der Waals surface area contributed by atoms with E-state index >= 15 is 0 Å². The van der Waals surface area contributed by atoms with Gasteiger partial charge in [0, 0.05) is 82.4 Å². The lowest BCUT2D eigenvalue weighted by Gasteiger charge is -2.11. The highest BCUT2D eigenvalue weighted by Crippen LogP contribution is 2.46. The summed E-state index contributed by atoms with van der Waals surface area (Å²) in [5.74, 6) is 5.59. The summed E-state index contributed by atoms with van der Waals surface area (Å²) in [5.41, 5.74) is 34.3. The Labute approximate surface area is 848 Å². The molecule has 0 aliphatic carbocycles. The number of hydrogen-bond acceptors (Lipinski definition) is 12. The van der Waals surface area contributed by atoms with Crippen molar-refractivity contribution in [1.82, 2.24) is 44.9 Å². The van der Waals surface area contributed by atoms with Crippen LogP contribution >= 0.6 is 0 Å². The molecular formula is C135H87N9O3. The second-order valence-electron chi connectivity index (χ2n) is 36.1. The van der Waals surface area contributed by atoms with Crippen LogP contribution in [0.25, 0.3) is 268 Å². The molecule has 6 aromatic heterocycles. The minimum Gasteiger partial charge on any atom is -0.456 e. The SMILES string of the molecule is c1ccc(-c2ccc(-c3cccc(-c4ccc5oc6cccc(-c7nc(-c8ccccc8)nc(-c8ccccc8)n7)c6c5c4)c3)cc2)cc1.c1ccc(-c2cccc(-c3ccc(-c4ccc5oc6cccc(-c7nc(-c8ccccc8)nc(-c8ccccc8)n7)c6c5c4)cc3)c2)cc1.c1ccc(-c2nc(-c3ccccc3)nc(-c3cccc4oc5ccc(-c6ccc(-c7ccccc7-c7ccccc7)cc6)cc5c34)n2)cc1. The Hall–Kier alpha value is -20.0. The molecule has 0 bridgehead atoms. The van der Waals surface area contributed by atoms with E-state index in [4.69, 9.17) is 58.1 Å². The highest BCUT2D eigenvalue weighted by atomic mass is 16.3. The third kappa shape index (κ3) is 18.2. The number of nitrogens with zero attached hydrogens (tertiary/aromatic N) is 9. The van der Waals surface area contributed by atoms with Crippen molar-refractivity contribution < 1.29 is 13.3 Å². The van der Waals surface area contributed by atoms with Crippen LogP contribution in [0.5, 0.6) is 0 Å². The molecule has 0 saturated carbocycles. The number of hydrogen-bond donors (Lipinski definition) is 0. The Balaban J connectivity index is 0.000000115. The molecule has 0 unspecified atom stereocenters. The van der Waals surface area contributed by atoms with Gasteiger partial charge in [-0.25, -0.2) is 44.9 Å². The third-order valence-electron chi connectivity index (χ3n) is 26.9. The Bertz CT molecular complexity index is 9300. The predicted octanol–water partition coefficient (Wildman–Crippen LogP) is 35.3. The fourth-order valence-corrected chi connectivity index (χ4v) is 19.5. The highest BCUT2D eigenvalue weighted by Gasteiger charge is 2.25. The molecule has 27 aromatic rings. The van der Waals surface area contributed by atoms with Crippen molar-refractivity contribution in [2.75, 3.05) is 0 Å². The zero-order valence-electron chi connectivity index (χ0n) is 79.5. The van der Waals surface area contributed by atoms with Crippen molar-refractivity contribution in [2.45, 2.75) is 0 Å². The molecule has 12 heteroatoms. The molecule has 0 aliphatic heterocycles. The van der Waals surface area contributed by atoms with Gasteiger partial charge in [0.1, 0.15) is 33.5 Å². The molecule has 0 fully saturated rings. The number of furan rings is 3. The van der Waals surface area contributed by atoms with Gasteiger partial charge in [0.25, 0.3) is 0 Å². The van der Waals surface area contributed by atoms with Crippen molar-refractivity contribution in [3.63, 3.8) is 0 Å². The topological polar surface area (TPSA) is 155 Å². The van der Waals surface area contributed by atoms with Gasteiger partial charge in [-0.1, -0.05) is 461 Å². The largest absolute Gasteiger partial charge is 0.456 e. The maximum atomic E-state index is 6.40. The van der Waals surface area contributed by atoms with Gasteiger partial charge in [-0.05, 0) is 167 Å². The van der Waals surface area contributed by atoms with E-state index < -0.39 is 0 Å². The summed E-state index contributed by atoms with van der Waals surface area (Å²) in [6.45, 7) is 0. The minimum atomic E-state index is 0.604.